The Labute approximate surface area is 235 Å². The molecule has 39 heavy (non-hydrogen) atoms. The molecule has 7 nitrogen and oxygen atoms in total. The van der Waals surface area contributed by atoms with Crippen LogP contribution in [0.25, 0.3) is 33.4 Å². The second-order valence-electron chi connectivity index (χ2n) is 10.9. The van der Waals surface area contributed by atoms with Crippen LogP contribution in [0.5, 0.6) is 0 Å². The van der Waals surface area contributed by atoms with Crippen molar-refractivity contribution < 1.29 is 0 Å². The van der Waals surface area contributed by atoms with E-state index in [1.165, 1.54) is 19.3 Å². The molecule has 1 aliphatic rings. The predicted octanol–water partition coefficient (Wildman–Crippen LogP) is 6.42. The molecule has 0 radical (unpaired) electrons. The molecule has 1 aliphatic carbocycles. The van der Waals surface area contributed by atoms with Gasteiger partial charge in [-0.2, -0.15) is 4.98 Å². The number of aromatic nitrogens is 4. The second-order valence-corrected chi connectivity index (χ2v) is 11.3. The SMILES string of the molecule is CCn1c(=O)c(-c2ccc(-c3cccc(C)n3)cc2Cl)cc2cnc(NC3CCC(CCN(C)C)CC3)nc21. The molecule has 3 aromatic heterocycles. The molecule has 0 spiro atoms. The highest BCUT2D eigenvalue weighted by atomic mass is 35.5. The lowest BCUT2D eigenvalue weighted by Crippen LogP contribution is -2.28. The van der Waals surface area contributed by atoms with Gasteiger partial charge in [0, 0.05) is 51.6 Å². The molecule has 1 saturated carbocycles. The number of nitrogens with zero attached hydrogens (tertiary/aromatic N) is 5. The van der Waals surface area contributed by atoms with Gasteiger partial charge in [0.15, 0.2) is 0 Å². The topological polar surface area (TPSA) is 75.9 Å². The third-order valence-electron chi connectivity index (χ3n) is 7.75. The van der Waals surface area contributed by atoms with Crippen molar-refractivity contribution in [3.8, 4) is 22.4 Å². The van der Waals surface area contributed by atoms with E-state index in [-0.39, 0.29) is 5.56 Å². The minimum atomic E-state index is -0.112. The monoisotopic (exact) mass is 544 g/mol. The van der Waals surface area contributed by atoms with E-state index in [4.69, 9.17) is 16.6 Å². The Balaban J connectivity index is 1.39. The van der Waals surface area contributed by atoms with Crippen LogP contribution in [0.2, 0.25) is 5.02 Å². The van der Waals surface area contributed by atoms with Crippen LogP contribution < -0.4 is 10.9 Å². The van der Waals surface area contributed by atoms with Crippen molar-refractivity contribution in [2.45, 2.75) is 58.5 Å². The summed E-state index contributed by atoms with van der Waals surface area (Å²) in [7, 11) is 4.27. The largest absolute Gasteiger partial charge is 0.351 e. The third-order valence-corrected chi connectivity index (χ3v) is 8.06. The van der Waals surface area contributed by atoms with Crippen molar-refractivity contribution >= 4 is 28.6 Å². The smallest absolute Gasteiger partial charge is 0.260 e. The molecule has 0 aliphatic heterocycles. The van der Waals surface area contributed by atoms with Crippen LogP contribution in [0.3, 0.4) is 0 Å². The first-order valence-electron chi connectivity index (χ1n) is 13.9. The Kier molecular flexibility index (Phi) is 8.29. The molecule has 0 unspecified atom stereocenters. The standard InChI is InChI=1S/C31H37ClN6O/c1-5-38-29-23(19-33-31(36-29)35-24-12-9-21(10-13-24)15-16-37(3)4)17-26(30(38)39)25-14-11-22(18-27(25)32)28-8-6-7-20(2)34-28/h6-8,11,14,17-19,21,24H,5,9-10,12-13,15-16H2,1-4H3,(H,33,35,36). The van der Waals surface area contributed by atoms with Gasteiger partial charge in [0.05, 0.1) is 5.69 Å². The molecule has 0 atom stereocenters. The van der Waals surface area contributed by atoms with Gasteiger partial charge in [-0.05, 0) is 96.8 Å². The van der Waals surface area contributed by atoms with Crippen LogP contribution in [-0.4, -0.2) is 51.1 Å². The Bertz CT molecular complexity index is 1520. The average Bonchev–Trinajstić information content (AvgIpc) is 2.92. The van der Waals surface area contributed by atoms with Gasteiger partial charge in [0.1, 0.15) is 5.65 Å². The fraction of sp³-hybridized carbons (Fsp3) is 0.419. The highest BCUT2D eigenvalue weighted by Gasteiger charge is 2.22. The van der Waals surface area contributed by atoms with Crippen LogP contribution in [0.4, 0.5) is 5.95 Å². The number of anilines is 1. The first-order chi connectivity index (χ1) is 18.8. The van der Waals surface area contributed by atoms with E-state index >= 15 is 0 Å². The Morgan fingerprint density at radius 1 is 1.05 bits per heavy atom. The molecule has 0 bridgehead atoms. The fourth-order valence-electron chi connectivity index (χ4n) is 5.53. The summed E-state index contributed by atoms with van der Waals surface area (Å²) in [5.41, 5.74) is 4.46. The average molecular weight is 545 g/mol. The van der Waals surface area contributed by atoms with E-state index in [9.17, 15) is 4.79 Å². The first-order valence-corrected chi connectivity index (χ1v) is 14.3. The first kappa shape index (κ1) is 27.3. The van der Waals surface area contributed by atoms with Crippen molar-refractivity contribution in [2.75, 3.05) is 26.0 Å². The van der Waals surface area contributed by atoms with Gasteiger partial charge >= 0.3 is 0 Å². The molecule has 0 saturated heterocycles. The number of halogens is 1. The van der Waals surface area contributed by atoms with Crippen molar-refractivity contribution in [1.82, 2.24) is 24.4 Å². The Morgan fingerprint density at radius 3 is 2.54 bits per heavy atom. The highest BCUT2D eigenvalue weighted by molar-refractivity contribution is 6.33. The Morgan fingerprint density at radius 2 is 1.85 bits per heavy atom. The predicted molar refractivity (Wildman–Crippen MR) is 160 cm³/mol. The number of hydrogen-bond donors (Lipinski definition) is 1. The zero-order valence-corrected chi connectivity index (χ0v) is 24.0. The van der Waals surface area contributed by atoms with Gasteiger partial charge < -0.3 is 10.2 Å². The van der Waals surface area contributed by atoms with Crippen molar-refractivity contribution in [2.24, 2.45) is 5.92 Å². The number of benzene rings is 1. The molecule has 8 heteroatoms. The van der Waals surface area contributed by atoms with Crippen molar-refractivity contribution in [3.63, 3.8) is 0 Å². The molecular formula is C31H37ClN6O. The van der Waals surface area contributed by atoms with Crippen LogP contribution in [0.1, 0.15) is 44.7 Å². The molecule has 1 fully saturated rings. The van der Waals surface area contributed by atoms with Crippen LogP contribution in [0, 0.1) is 12.8 Å². The summed E-state index contributed by atoms with van der Waals surface area (Å²) in [6, 6.07) is 13.8. The van der Waals surface area contributed by atoms with Gasteiger partial charge in [-0.3, -0.25) is 14.3 Å². The van der Waals surface area contributed by atoms with E-state index in [2.05, 4.69) is 34.3 Å². The van der Waals surface area contributed by atoms with Crippen molar-refractivity contribution in [1.29, 1.82) is 0 Å². The fourth-order valence-corrected chi connectivity index (χ4v) is 5.81. The molecule has 0 amide bonds. The van der Waals surface area contributed by atoms with Crippen LogP contribution >= 0.6 is 11.6 Å². The second kappa shape index (κ2) is 11.8. The molecule has 204 valence electrons. The lowest BCUT2D eigenvalue weighted by Gasteiger charge is -2.29. The highest BCUT2D eigenvalue weighted by Crippen LogP contribution is 2.32. The minimum absolute atomic E-state index is 0.112. The lowest BCUT2D eigenvalue weighted by molar-refractivity contribution is 0.281. The summed E-state index contributed by atoms with van der Waals surface area (Å²) in [4.78, 5) is 29.9. The quantitative estimate of drug-likeness (QED) is 0.276. The van der Waals surface area contributed by atoms with E-state index < -0.39 is 0 Å². The Hall–Kier alpha value is -3.29. The number of pyridine rings is 2. The maximum atomic E-state index is 13.6. The van der Waals surface area contributed by atoms with Gasteiger partial charge in [-0.25, -0.2) is 4.98 Å². The van der Waals surface area contributed by atoms with Gasteiger partial charge in [0.2, 0.25) is 5.95 Å². The van der Waals surface area contributed by atoms with Gasteiger partial charge in [0.25, 0.3) is 5.56 Å². The van der Waals surface area contributed by atoms with Gasteiger partial charge in [-0.15, -0.1) is 0 Å². The molecule has 5 rings (SSSR count). The summed E-state index contributed by atoms with van der Waals surface area (Å²) >= 11 is 6.73. The van der Waals surface area contributed by atoms with E-state index in [0.717, 1.165) is 47.6 Å². The normalized spacial score (nSPS) is 17.6. The molecular weight excluding hydrogens is 508 g/mol. The van der Waals surface area contributed by atoms with Gasteiger partial charge in [-0.1, -0.05) is 29.8 Å². The third kappa shape index (κ3) is 6.15. The van der Waals surface area contributed by atoms with Crippen molar-refractivity contribution in [3.05, 3.63) is 69.7 Å². The number of rotatable bonds is 8. The van der Waals surface area contributed by atoms with E-state index in [1.54, 1.807) is 10.8 Å². The summed E-state index contributed by atoms with van der Waals surface area (Å²) in [6.07, 6.45) is 7.74. The van der Waals surface area contributed by atoms with E-state index in [0.29, 0.717) is 40.3 Å². The lowest BCUT2D eigenvalue weighted by atomic mass is 9.84. The number of hydrogen-bond acceptors (Lipinski definition) is 6. The summed E-state index contributed by atoms with van der Waals surface area (Å²) in [5, 5.41) is 4.85. The maximum Gasteiger partial charge on any atom is 0.260 e. The maximum absolute atomic E-state index is 13.6. The number of aryl methyl sites for hydroxylation is 2. The molecule has 1 aromatic carbocycles. The molecule has 3 heterocycles. The minimum Gasteiger partial charge on any atom is -0.351 e. The molecule has 4 aromatic rings. The summed E-state index contributed by atoms with van der Waals surface area (Å²) in [6.45, 7) is 5.57. The summed E-state index contributed by atoms with van der Waals surface area (Å²) in [5.74, 6) is 1.38. The molecule has 1 N–H and O–H groups in total. The van der Waals surface area contributed by atoms with Crippen LogP contribution in [-0.2, 0) is 6.54 Å². The van der Waals surface area contributed by atoms with E-state index in [1.807, 2.05) is 56.3 Å². The summed E-state index contributed by atoms with van der Waals surface area (Å²) < 4.78 is 1.71. The zero-order valence-electron chi connectivity index (χ0n) is 23.2. The van der Waals surface area contributed by atoms with Crippen LogP contribution in [0.15, 0.2) is 53.5 Å². The zero-order chi connectivity index (χ0) is 27.5. The number of fused-ring (bicyclic) bond motifs is 1. The number of nitrogens with one attached hydrogen (secondary N) is 1.